The Morgan fingerprint density at radius 2 is 1.62 bits per heavy atom. The SMILES string of the molecule is CCCCCC[CH2][SnH]. The van der Waals surface area contributed by atoms with E-state index < -0.39 is 0 Å². The molecule has 2 radical (unpaired) electrons. The summed E-state index contributed by atoms with van der Waals surface area (Å²) in [6, 6.07) is 0. The van der Waals surface area contributed by atoms with Gasteiger partial charge in [0.05, 0.1) is 0 Å². The molecule has 0 aromatic heterocycles. The van der Waals surface area contributed by atoms with E-state index in [0.717, 1.165) is 0 Å². The van der Waals surface area contributed by atoms with E-state index in [0.29, 0.717) is 0 Å². The summed E-state index contributed by atoms with van der Waals surface area (Å²) in [5, 5.41) is 0. The molecule has 0 aliphatic heterocycles. The van der Waals surface area contributed by atoms with E-state index >= 15 is 0 Å². The zero-order valence-corrected chi connectivity index (χ0v) is 9.12. The standard InChI is InChI=1S/C7H15.Sn.H/c1-3-5-7-6-4-2;;/h1,3-7H2,2H3;;. The van der Waals surface area contributed by atoms with Crippen molar-refractivity contribution >= 4 is 22.5 Å². The first-order chi connectivity index (χ1) is 3.91. The number of hydrogen-bond acceptors (Lipinski definition) is 0. The van der Waals surface area contributed by atoms with Crippen molar-refractivity contribution in [1.29, 1.82) is 0 Å². The van der Waals surface area contributed by atoms with Crippen molar-refractivity contribution in [3.8, 4) is 0 Å². The minimum atomic E-state index is 1.38. The molecule has 0 aromatic carbocycles. The molecular formula is C7H16Sn. The van der Waals surface area contributed by atoms with Crippen molar-refractivity contribution in [3.05, 3.63) is 0 Å². The Hall–Kier alpha value is 0.799. The first-order valence-corrected chi connectivity index (χ1v) is 5.95. The molecule has 0 N–H and O–H groups in total. The topological polar surface area (TPSA) is 0 Å². The van der Waals surface area contributed by atoms with Crippen LogP contribution in [0.4, 0.5) is 0 Å². The van der Waals surface area contributed by atoms with Crippen LogP contribution in [0.25, 0.3) is 0 Å². The third-order valence-corrected chi connectivity index (χ3v) is 2.47. The molecular weight excluding hydrogens is 203 g/mol. The fourth-order valence-electron chi connectivity index (χ4n) is 0.748. The van der Waals surface area contributed by atoms with Gasteiger partial charge in [0, 0.05) is 0 Å². The summed E-state index contributed by atoms with van der Waals surface area (Å²) in [7, 11) is 0. The minimum absolute atomic E-state index is 1.38. The van der Waals surface area contributed by atoms with Crippen LogP contribution in [0.3, 0.4) is 0 Å². The molecule has 0 aromatic rings. The van der Waals surface area contributed by atoms with E-state index in [9.17, 15) is 0 Å². The molecule has 0 rings (SSSR count). The molecule has 0 nitrogen and oxygen atoms in total. The molecule has 0 bridgehead atoms. The quantitative estimate of drug-likeness (QED) is 0.491. The zero-order chi connectivity index (χ0) is 6.24. The maximum atomic E-state index is 2.26. The second-order valence-corrected chi connectivity index (χ2v) is 3.85. The van der Waals surface area contributed by atoms with E-state index in [4.69, 9.17) is 0 Å². The Kier molecular flexibility index (Phi) is 8.58. The molecule has 0 saturated heterocycles. The van der Waals surface area contributed by atoms with Crippen molar-refractivity contribution in [2.24, 2.45) is 0 Å². The van der Waals surface area contributed by atoms with Crippen LogP contribution in [-0.2, 0) is 0 Å². The molecule has 48 valence electrons. The fraction of sp³-hybridized carbons (Fsp3) is 1.00. The second-order valence-electron chi connectivity index (χ2n) is 2.20. The van der Waals surface area contributed by atoms with E-state index in [2.05, 4.69) is 6.92 Å². The van der Waals surface area contributed by atoms with Gasteiger partial charge in [-0.05, 0) is 0 Å². The summed E-state index contributed by atoms with van der Waals surface area (Å²) in [6.07, 6.45) is 7.26. The Morgan fingerprint density at radius 3 is 2.12 bits per heavy atom. The van der Waals surface area contributed by atoms with Gasteiger partial charge in [-0.15, -0.1) is 0 Å². The van der Waals surface area contributed by atoms with Gasteiger partial charge in [-0.2, -0.15) is 0 Å². The molecule has 0 amide bonds. The summed E-state index contributed by atoms with van der Waals surface area (Å²) in [6.45, 7) is 2.26. The Morgan fingerprint density at radius 1 is 1.00 bits per heavy atom. The van der Waals surface area contributed by atoms with Gasteiger partial charge in [0.1, 0.15) is 0 Å². The monoisotopic (exact) mass is 220 g/mol. The van der Waals surface area contributed by atoms with Crippen molar-refractivity contribution in [1.82, 2.24) is 0 Å². The summed E-state index contributed by atoms with van der Waals surface area (Å²) in [5.74, 6) is 0. The zero-order valence-electron chi connectivity index (χ0n) is 5.82. The maximum absolute atomic E-state index is 2.26. The van der Waals surface area contributed by atoms with Crippen molar-refractivity contribution < 1.29 is 0 Å². The average molecular weight is 219 g/mol. The first kappa shape index (κ1) is 8.80. The predicted molar refractivity (Wildman–Crippen MR) is 40.7 cm³/mol. The van der Waals surface area contributed by atoms with Crippen LogP contribution >= 0.6 is 0 Å². The Bertz CT molecular complexity index is 29.4. The average Bonchev–Trinajstić information content (AvgIpc) is 1.81. The summed E-state index contributed by atoms with van der Waals surface area (Å²) in [5.41, 5.74) is 0. The van der Waals surface area contributed by atoms with Crippen molar-refractivity contribution in [2.75, 3.05) is 0 Å². The van der Waals surface area contributed by atoms with E-state index in [1.807, 2.05) is 0 Å². The van der Waals surface area contributed by atoms with Gasteiger partial charge >= 0.3 is 66.0 Å². The van der Waals surface area contributed by atoms with Gasteiger partial charge in [-0.25, -0.2) is 0 Å². The first-order valence-electron chi connectivity index (χ1n) is 3.62. The molecule has 0 atom stereocenters. The molecule has 0 aliphatic carbocycles. The summed E-state index contributed by atoms with van der Waals surface area (Å²) < 4.78 is 1.49. The fourth-order valence-corrected chi connectivity index (χ4v) is 1.57. The van der Waals surface area contributed by atoms with Crippen LogP contribution in [-0.4, -0.2) is 22.5 Å². The third-order valence-electron chi connectivity index (χ3n) is 1.31. The molecule has 0 spiro atoms. The Labute approximate surface area is 66.1 Å². The van der Waals surface area contributed by atoms with Crippen molar-refractivity contribution in [3.63, 3.8) is 0 Å². The molecule has 0 unspecified atom stereocenters. The van der Waals surface area contributed by atoms with Crippen LogP contribution in [0.15, 0.2) is 0 Å². The van der Waals surface area contributed by atoms with Gasteiger partial charge in [-0.1, -0.05) is 0 Å². The predicted octanol–water partition coefficient (Wildman–Crippen LogP) is 2.28. The summed E-state index contributed by atoms with van der Waals surface area (Å²) in [4.78, 5) is 0. The molecule has 0 aliphatic rings. The number of hydrogen-bond donors (Lipinski definition) is 0. The van der Waals surface area contributed by atoms with Gasteiger partial charge in [-0.3, -0.25) is 0 Å². The van der Waals surface area contributed by atoms with E-state index in [-0.39, 0.29) is 0 Å². The van der Waals surface area contributed by atoms with Crippen LogP contribution < -0.4 is 0 Å². The Balaban J connectivity index is 2.53. The van der Waals surface area contributed by atoms with Crippen LogP contribution in [0, 0.1) is 0 Å². The van der Waals surface area contributed by atoms with Crippen molar-refractivity contribution in [2.45, 2.75) is 43.5 Å². The molecule has 0 fully saturated rings. The van der Waals surface area contributed by atoms with Crippen LogP contribution in [0.1, 0.15) is 39.0 Å². The van der Waals surface area contributed by atoms with E-state index in [1.54, 1.807) is 0 Å². The van der Waals surface area contributed by atoms with Gasteiger partial charge in [0.15, 0.2) is 0 Å². The molecule has 0 heterocycles. The van der Waals surface area contributed by atoms with E-state index in [1.165, 1.54) is 59.1 Å². The molecule has 0 saturated carbocycles. The second kappa shape index (κ2) is 7.80. The number of unbranched alkanes of at least 4 members (excludes halogenated alkanes) is 4. The van der Waals surface area contributed by atoms with Gasteiger partial charge in [0.2, 0.25) is 0 Å². The van der Waals surface area contributed by atoms with Crippen LogP contribution in [0.2, 0.25) is 4.44 Å². The molecule has 1 heteroatoms. The normalized spacial score (nSPS) is 9.75. The van der Waals surface area contributed by atoms with Crippen LogP contribution in [0.5, 0.6) is 0 Å². The molecule has 8 heavy (non-hydrogen) atoms. The van der Waals surface area contributed by atoms with Gasteiger partial charge in [0.25, 0.3) is 0 Å². The van der Waals surface area contributed by atoms with Gasteiger partial charge < -0.3 is 0 Å². The summed E-state index contributed by atoms with van der Waals surface area (Å²) >= 11 is 1.46. The number of rotatable bonds is 5. The third kappa shape index (κ3) is 6.80.